The predicted octanol–water partition coefficient (Wildman–Crippen LogP) is 3.66. The Kier molecular flexibility index (Phi) is 13.8. The predicted molar refractivity (Wildman–Crippen MR) is 177 cm³/mol. The van der Waals surface area contributed by atoms with E-state index < -0.39 is 48.6 Å². The second-order valence-corrected chi connectivity index (χ2v) is 11.4. The fourth-order valence-corrected chi connectivity index (χ4v) is 5.30. The summed E-state index contributed by atoms with van der Waals surface area (Å²) in [4.78, 5) is 23.7. The summed E-state index contributed by atoms with van der Waals surface area (Å²) in [7, 11) is 2.58. The van der Waals surface area contributed by atoms with Crippen molar-refractivity contribution in [2.75, 3.05) is 14.2 Å². The number of rotatable bonds is 17. The van der Waals surface area contributed by atoms with E-state index in [2.05, 4.69) is 0 Å². The van der Waals surface area contributed by atoms with Crippen LogP contribution in [0.1, 0.15) is 43.0 Å². The Morgan fingerprint density at radius 3 is 1.15 bits per heavy atom. The highest BCUT2D eigenvalue weighted by Crippen LogP contribution is 2.23. The van der Waals surface area contributed by atoms with Gasteiger partial charge in [0.2, 0.25) is 0 Å². The lowest BCUT2D eigenvalue weighted by atomic mass is 9.91. The van der Waals surface area contributed by atoms with Crippen LogP contribution in [0.5, 0.6) is 0 Å². The number of esters is 2. The average Bonchev–Trinajstić information content (AvgIpc) is 3.12. The first-order valence-corrected chi connectivity index (χ1v) is 15.6. The second-order valence-electron chi connectivity index (χ2n) is 11.4. The summed E-state index contributed by atoms with van der Waals surface area (Å²) in [6.07, 6.45) is -8.31. The molecule has 48 heavy (non-hydrogen) atoms. The Hall–Kier alpha value is -4.42. The van der Waals surface area contributed by atoms with Gasteiger partial charge in [0.05, 0.1) is 50.8 Å². The van der Waals surface area contributed by atoms with E-state index in [1.807, 2.05) is 60.7 Å². The number of carbonyl (C=O) groups is 2. The maximum atomic E-state index is 11.9. The van der Waals surface area contributed by atoms with Crippen LogP contribution in [0.4, 0.5) is 0 Å². The molecule has 0 aromatic heterocycles. The van der Waals surface area contributed by atoms with Gasteiger partial charge in [-0.25, -0.2) is 9.59 Å². The molecule has 4 aromatic carbocycles. The number of hydrogen-bond acceptors (Lipinski definition) is 10. The van der Waals surface area contributed by atoms with Gasteiger partial charge in [0.25, 0.3) is 0 Å². The van der Waals surface area contributed by atoms with Crippen molar-refractivity contribution >= 4 is 11.9 Å². The van der Waals surface area contributed by atoms with Crippen LogP contribution >= 0.6 is 0 Å². The molecule has 10 nitrogen and oxygen atoms in total. The van der Waals surface area contributed by atoms with Crippen molar-refractivity contribution in [2.45, 2.75) is 62.7 Å². The van der Waals surface area contributed by atoms with Gasteiger partial charge in [0, 0.05) is 12.8 Å². The first-order valence-electron chi connectivity index (χ1n) is 15.6. The summed E-state index contributed by atoms with van der Waals surface area (Å²) in [5, 5.41) is 46.0. The minimum Gasteiger partial charge on any atom is -0.465 e. The van der Waals surface area contributed by atoms with Crippen LogP contribution < -0.4 is 0 Å². The van der Waals surface area contributed by atoms with E-state index in [0.29, 0.717) is 22.3 Å². The summed E-state index contributed by atoms with van der Waals surface area (Å²) >= 11 is 0. The van der Waals surface area contributed by atoms with Gasteiger partial charge in [-0.3, -0.25) is 0 Å². The normalized spacial score (nSPS) is 15.0. The zero-order valence-electron chi connectivity index (χ0n) is 26.9. The largest absolute Gasteiger partial charge is 0.465 e. The number of methoxy groups -OCH3 is 2. The lowest BCUT2D eigenvalue weighted by Gasteiger charge is -2.36. The molecule has 0 spiro atoms. The quantitative estimate of drug-likeness (QED) is 0.124. The minimum absolute atomic E-state index is 0.0631. The number of hydrogen-bond donors (Lipinski definition) is 4. The number of ether oxygens (including phenoxy) is 4. The van der Waals surface area contributed by atoms with Gasteiger partial charge < -0.3 is 39.4 Å². The highest BCUT2D eigenvalue weighted by atomic mass is 16.5. The summed E-state index contributed by atoms with van der Waals surface area (Å²) in [6.45, 7) is -0.126. The SMILES string of the molecule is COC(=O)c1ccc(CO[C@H](C(O)Cc2ccccc2)[C@@H](O)[C@H](O)[C@H](OCc2ccc(C(=O)OC)cc2)C(O)Cc2ccccc2)cc1. The first kappa shape index (κ1) is 36.4. The Bertz CT molecular complexity index is 1430. The third-order valence-electron chi connectivity index (χ3n) is 7.99. The van der Waals surface area contributed by atoms with Crippen LogP contribution in [-0.2, 0) is 45.0 Å². The Labute approximate surface area is 280 Å². The van der Waals surface area contributed by atoms with Gasteiger partial charge in [-0.05, 0) is 46.5 Å². The van der Waals surface area contributed by atoms with Crippen LogP contribution in [0.3, 0.4) is 0 Å². The Morgan fingerprint density at radius 2 is 0.833 bits per heavy atom. The zero-order valence-corrected chi connectivity index (χ0v) is 26.9. The van der Waals surface area contributed by atoms with Crippen molar-refractivity contribution in [3.8, 4) is 0 Å². The molecular weight excluding hydrogens is 616 g/mol. The van der Waals surface area contributed by atoms with E-state index in [1.165, 1.54) is 14.2 Å². The molecule has 0 heterocycles. The molecule has 0 bridgehead atoms. The Morgan fingerprint density at radius 1 is 0.500 bits per heavy atom. The van der Waals surface area contributed by atoms with E-state index in [9.17, 15) is 30.0 Å². The highest BCUT2D eigenvalue weighted by Gasteiger charge is 2.40. The molecule has 6 atom stereocenters. The molecule has 4 rings (SSSR count). The monoisotopic (exact) mass is 658 g/mol. The molecule has 254 valence electrons. The lowest BCUT2D eigenvalue weighted by Crippen LogP contribution is -2.54. The van der Waals surface area contributed by atoms with Crippen molar-refractivity contribution in [2.24, 2.45) is 0 Å². The number of benzene rings is 4. The topological polar surface area (TPSA) is 152 Å². The van der Waals surface area contributed by atoms with Gasteiger partial charge in [-0.2, -0.15) is 0 Å². The van der Waals surface area contributed by atoms with Crippen molar-refractivity contribution in [1.82, 2.24) is 0 Å². The number of aliphatic hydroxyl groups is 4. The zero-order chi connectivity index (χ0) is 34.5. The first-order chi connectivity index (χ1) is 23.2. The van der Waals surface area contributed by atoms with Gasteiger partial charge in [0.15, 0.2) is 0 Å². The molecule has 0 saturated carbocycles. The maximum Gasteiger partial charge on any atom is 0.337 e. The molecule has 0 radical (unpaired) electrons. The minimum atomic E-state index is -1.70. The molecule has 10 heteroatoms. The molecule has 0 fully saturated rings. The molecule has 4 aromatic rings. The molecule has 0 aliphatic carbocycles. The third kappa shape index (κ3) is 10.3. The van der Waals surface area contributed by atoms with Crippen LogP contribution in [-0.4, -0.2) is 83.2 Å². The van der Waals surface area contributed by atoms with E-state index in [4.69, 9.17) is 18.9 Å². The van der Waals surface area contributed by atoms with Crippen molar-refractivity contribution in [1.29, 1.82) is 0 Å². The molecule has 0 aliphatic heterocycles. The molecule has 0 amide bonds. The number of aliphatic hydroxyl groups excluding tert-OH is 4. The van der Waals surface area contributed by atoms with E-state index >= 15 is 0 Å². The van der Waals surface area contributed by atoms with Crippen molar-refractivity contribution < 1.29 is 49.0 Å². The van der Waals surface area contributed by atoms with Crippen LogP contribution in [0, 0.1) is 0 Å². The second kappa shape index (κ2) is 18.2. The van der Waals surface area contributed by atoms with E-state index in [1.54, 1.807) is 48.5 Å². The molecule has 0 saturated heterocycles. The van der Waals surface area contributed by atoms with Gasteiger partial charge >= 0.3 is 11.9 Å². The van der Waals surface area contributed by atoms with Gasteiger partial charge in [-0.15, -0.1) is 0 Å². The Balaban J connectivity index is 1.56. The standard InChI is InChI=1S/C38H42O10/c1-45-37(43)29-17-13-27(14-18-29)23-47-35(31(39)21-25-9-5-3-6-10-25)33(41)34(42)36(32(40)22-26-11-7-4-8-12-26)48-24-28-15-19-30(20-16-28)38(44)46-2/h3-20,31-36,39-42H,21-24H2,1-2H3/t31?,32?,33-,34-,35+,36+/m0/s1. The average molecular weight is 659 g/mol. The summed E-state index contributed by atoms with van der Waals surface area (Å²) < 4.78 is 21.6. The fraction of sp³-hybridized carbons (Fsp3) is 0.316. The van der Waals surface area contributed by atoms with Crippen molar-refractivity contribution in [3.63, 3.8) is 0 Å². The highest BCUT2D eigenvalue weighted by molar-refractivity contribution is 5.89. The summed E-state index contributed by atoms with van der Waals surface area (Å²) in [5.41, 5.74) is 3.57. The van der Waals surface area contributed by atoms with Crippen LogP contribution in [0.25, 0.3) is 0 Å². The van der Waals surface area contributed by atoms with Crippen LogP contribution in [0.15, 0.2) is 109 Å². The smallest absolute Gasteiger partial charge is 0.337 e. The lowest BCUT2D eigenvalue weighted by molar-refractivity contribution is -0.186. The summed E-state index contributed by atoms with van der Waals surface area (Å²) in [6, 6.07) is 31.3. The van der Waals surface area contributed by atoms with Gasteiger partial charge in [-0.1, -0.05) is 84.9 Å². The molecule has 4 N–H and O–H groups in total. The molecule has 2 unspecified atom stereocenters. The van der Waals surface area contributed by atoms with E-state index in [-0.39, 0.29) is 26.1 Å². The molecular formula is C38H42O10. The van der Waals surface area contributed by atoms with Crippen molar-refractivity contribution in [3.05, 3.63) is 143 Å². The number of carbonyl (C=O) groups excluding carboxylic acids is 2. The summed E-state index contributed by atoms with van der Waals surface area (Å²) in [5.74, 6) is -0.978. The van der Waals surface area contributed by atoms with Gasteiger partial charge in [0.1, 0.15) is 24.4 Å². The molecule has 0 aliphatic rings. The fourth-order valence-electron chi connectivity index (χ4n) is 5.30. The third-order valence-corrected chi connectivity index (χ3v) is 7.99. The van der Waals surface area contributed by atoms with E-state index in [0.717, 1.165) is 11.1 Å². The van der Waals surface area contributed by atoms with Crippen LogP contribution in [0.2, 0.25) is 0 Å². The maximum absolute atomic E-state index is 11.9.